The highest BCUT2D eigenvalue weighted by molar-refractivity contribution is 7.92. The summed E-state index contributed by atoms with van der Waals surface area (Å²) in [6.07, 6.45) is 0. The number of fused-ring (bicyclic) bond motifs is 1. The molecular formula is C24H27N5O5S. The number of nitrogens with zero attached hydrogens (tertiary/aromatic N) is 3. The molecule has 0 aliphatic rings. The number of para-hydroxylation sites is 2. The first-order valence-electron chi connectivity index (χ1n) is 11.0. The average Bonchev–Trinajstić information content (AvgIpc) is 3.13. The first-order valence-corrected chi connectivity index (χ1v) is 12.5. The van der Waals surface area contributed by atoms with E-state index < -0.39 is 15.6 Å². The summed E-state index contributed by atoms with van der Waals surface area (Å²) < 4.78 is 35.8. The minimum Gasteiger partial charge on any atom is -0.506 e. The zero-order chi connectivity index (χ0) is 25.5. The maximum absolute atomic E-state index is 13.1. The van der Waals surface area contributed by atoms with Crippen LogP contribution in [0.3, 0.4) is 0 Å². The lowest BCUT2D eigenvalue weighted by molar-refractivity contribution is 0.341. The van der Waals surface area contributed by atoms with Crippen LogP contribution in [0.4, 0.5) is 5.69 Å². The molecule has 0 amide bonds. The van der Waals surface area contributed by atoms with Gasteiger partial charge in [0.05, 0.1) is 28.4 Å². The number of hydrogen-bond donors (Lipinski definition) is 3. The van der Waals surface area contributed by atoms with Crippen LogP contribution in [0.2, 0.25) is 0 Å². The molecule has 35 heavy (non-hydrogen) atoms. The Morgan fingerprint density at radius 2 is 1.89 bits per heavy atom. The number of H-pyrrole nitrogens is 1. The van der Waals surface area contributed by atoms with Gasteiger partial charge in [-0.15, -0.1) is 0 Å². The lowest BCUT2D eigenvalue weighted by Crippen LogP contribution is -2.15. The predicted molar refractivity (Wildman–Crippen MR) is 133 cm³/mol. The molecule has 0 atom stereocenters. The Hall–Kier alpha value is -3.86. The third kappa shape index (κ3) is 4.59. The van der Waals surface area contributed by atoms with Gasteiger partial charge in [-0.25, -0.2) is 13.4 Å². The number of aryl methyl sites for hydroxylation is 1. The number of nitrogens with one attached hydrogen (secondary N) is 2. The fraction of sp³-hybridized carbons (Fsp3) is 0.292. The van der Waals surface area contributed by atoms with Gasteiger partial charge in [0.1, 0.15) is 22.8 Å². The number of aromatic amines is 1. The molecule has 4 rings (SSSR count). The number of aromatic nitrogens is 4. The van der Waals surface area contributed by atoms with E-state index in [1.165, 1.54) is 35.0 Å². The van der Waals surface area contributed by atoms with Crippen molar-refractivity contribution in [2.75, 3.05) is 11.3 Å². The first kappa shape index (κ1) is 24.3. The molecule has 0 unspecified atom stereocenters. The molecule has 0 fully saturated rings. The van der Waals surface area contributed by atoms with Crippen LogP contribution in [0.1, 0.15) is 33.4 Å². The molecule has 2 aromatic heterocycles. The maximum Gasteiger partial charge on any atom is 0.277 e. The van der Waals surface area contributed by atoms with E-state index in [9.17, 15) is 18.3 Å². The fourth-order valence-electron chi connectivity index (χ4n) is 3.72. The Kier molecular flexibility index (Phi) is 6.05. The SMILES string of the molecule is CCOc1ccc(S(=O)(=O)Nc2ccccc2O)cc1-c1nc2c(C(C)(C)C)nn(C)c2c(=O)[nH]1. The predicted octanol–water partition coefficient (Wildman–Crippen LogP) is 3.53. The van der Waals surface area contributed by atoms with Gasteiger partial charge in [0.15, 0.2) is 5.52 Å². The van der Waals surface area contributed by atoms with E-state index >= 15 is 0 Å². The molecule has 0 bridgehead atoms. The van der Waals surface area contributed by atoms with Crippen molar-refractivity contribution in [3.63, 3.8) is 0 Å². The van der Waals surface area contributed by atoms with Crippen LogP contribution in [0, 0.1) is 0 Å². The van der Waals surface area contributed by atoms with Gasteiger partial charge in [-0.3, -0.25) is 14.2 Å². The summed E-state index contributed by atoms with van der Waals surface area (Å²) in [6, 6.07) is 10.3. The Bertz CT molecular complexity index is 1580. The van der Waals surface area contributed by atoms with Crippen molar-refractivity contribution < 1.29 is 18.3 Å². The van der Waals surface area contributed by atoms with E-state index in [4.69, 9.17) is 4.74 Å². The second kappa shape index (κ2) is 8.73. The minimum absolute atomic E-state index is 0.0427. The lowest BCUT2D eigenvalue weighted by atomic mass is 9.91. The summed E-state index contributed by atoms with van der Waals surface area (Å²) in [7, 11) is -2.40. The molecule has 0 aliphatic heterocycles. The zero-order valence-electron chi connectivity index (χ0n) is 20.1. The van der Waals surface area contributed by atoms with E-state index in [0.29, 0.717) is 34.6 Å². The number of anilines is 1. The second-order valence-electron chi connectivity index (χ2n) is 9.05. The van der Waals surface area contributed by atoms with Gasteiger partial charge in [0.25, 0.3) is 15.6 Å². The third-order valence-corrected chi connectivity index (χ3v) is 6.73. The number of rotatable bonds is 6. The van der Waals surface area contributed by atoms with E-state index in [0.717, 1.165) is 0 Å². The van der Waals surface area contributed by atoms with Crippen molar-refractivity contribution in [2.24, 2.45) is 7.05 Å². The van der Waals surface area contributed by atoms with Crippen LogP contribution in [-0.4, -0.2) is 39.9 Å². The molecule has 11 heteroatoms. The minimum atomic E-state index is -4.08. The number of phenols is 1. The molecule has 0 aliphatic carbocycles. The Balaban J connectivity index is 1.90. The van der Waals surface area contributed by atoms with Gasteiger partial charge < -0.3 is 14.8 Å². The number of sulfonamides is 1. The Morgan fingerprint density at radius 3 is 2.54 bits per heavy atom. The Morgan fingerprint density at radius 1 is 1.17 bits per heavy atom. The van der Waals surface area contributed by atoms with Crippen LogP contribution in [0.5, 0.6) is 11.5 Å². The molecule has 4 aromatic rings. The van der Waals surface area contributed by atoms with Crippen molar-refractivity contribution in [2.45, 2.75) is 38.0 Å². The van der Waals surface area contributed by atoms with Crippen molar-refractivity contribution in [3.05, 3.63) is 58.5 Å². The average molecular weight is 498 g/mol. The number of aromatic hydroxyl groups is 1. The molecule has 2 heterocycles. The van der Waals surface area contributed by atoms with Crippen molar-refractivity contribution in [1.82, 2.24) is 19.7 Å². The van der Waals surface area contributed by atoms with Crippen LogP contribution in [0.15, 0.2) is 52.2 Å². The highest BCUT2D eigenvalue weighted by atomic mass is 32.2. The van der Waals surface area contributed by atoms with Crippen LogP contribution >= 0.6 is 0 Å². The molecule has 184 valence electrons. The standard InChI is InChI=1S/C24H27N5O5S/c1-6-34-18-12-11-14(35(32,33)28-16-9-7-8-10-17(16)30)13-15(18)22-25-19-20(23(31)26-22)29(5)27-21(19)24(2,3)4/h7-13,28,30H,6H2,1-5H3,(H,25,26,31). The quantitative estimate of drug-likeness (QED) is 0.346. The normalized spacial score (nSPS) is 12.1. The molecule has 3 N–H and O–H groups in total. The van der Waals surface area contributed by atoms with Gasteiger partial charge in [-0.1, -0.05) is 32.9 Å². The molecule has 0 saturated heterocycles. The summed E-state index contributed by atoms with van der Waals surface area (Å²) in [6.45, 7) is 8.04. The molecule has 0 saturated carbocycles. The van der Waals surface area contributed by atoms with Gasteiger partial charge in [0, 0.05) is 12.5 Å². The zero-order valence-corrected chi connectivity index (χ0v) is 20.9. The number of benzene rings is 2. The monoisotopic (exact) mass is 497 g/mol. The molecule has 0 radical (unpaired) electrons. The largest absolute Gasteiger partial charge is 0.506 e. The maximum atomic E-state index is 13.1. The van der Waals surface area contributed by atoms with E-state index in [1.807, 2.05) is 20.8 Å². The van der Waals surface area contributed by atoms with Gasteiger partial charge in [-0.05, 0) is 37.3 Å². The van der Waals surface area contributed by atoms with Crippen LogP contribution < -0.4 is 15.0 Å². The third-order valence-electron chi connectivity index (χ3n) is 5.37. The van der Waals surface area contributed by atoms with Crippen molar-refractivity contribution in [1.29, 1.82) is 0 Å². The fourth-order valence-corrected chi connectivity index (χ4v) is 4.82. The molecule has 2 aromatic carbocycles. The second-order valence-corrected chi connectivity index (χ2v) is 10.7. The topological polar surface area (TPSA) is 139 Å². The van der Waals surface area contributed by atoms with Gasteiger partial charge in [-0.2, -0.15) is 5.10 Å². The van der Waals surface area contributed by atoms with Crippen molar-refractivity contribution >= 4 is 26.7 Å². The van der Waals surface area contributed by atoms with E-state index in [-0.39, 0.29) is 27.6 Å². The van der Waals surface area contributed by atoms with E-state index in [1.54, 1.807) is 26.1 Å². The Labute approximate surface area is 202 Å². The van der Waals surface area contributed by atoms with Crippen molar-refractivity contribution in [3.8, 4) is 22.9 Å². The number of ether oxygens (including phenoxy) is 1. The van der Waals surface area contributed by atoms with E-state index in [2.05, 4.69) is 19.8 Å². The highest BCUT2D eigenvalue weighted by Gasteiger charge is 2.26. The highest BCUT2D eigenvalue weighted by Crippen LogP contribution is 2.33. The molecular weight excluding hydrogens is 470 g/mol. The lowest BCUT2D eigenvalue weighted by Gasteiger charge is -2.16. The first-order chi connectivity index (χ1) is 16.4. The van der Waals surface area contributed by atoms with Gasteiger partial charge >= 0.3 is 0 Å². The number of hydrogen-bond acceptors (Lipinski definition) is 7. The smallest absolute Gasteiger partial charge is 0.277 e. The summed E-state index contributed by atoms with van der Waals surface area (Å²) in [5, 5.41) is 14.5. The van der Waals surface area contributed by atoms with Crippen LogP contribution in [0.25, 0.3) is 22.4 Å². The number of phenolic OH excluding ortho intramolecular Hbond substituents is 1. The molecule has 10 nitrogen and oxygen atoms in total. The summed E-state index contributed by atoms with van der Waals surface area (Å²) in [4.78, 5) is 20.3. The van der Waals surface area contributed by atoms with Crippen LogP contribution in [-0.2, 0) is 22.5 Å². The van der Waals surface area contributed by atoms with Gasteiger partial charge in [0.2, 0.25) is 0 Å². The summed E-state index contributed by atoms with van der Waals surface area (Å²) >= 11 is 0. The summed E-state index contributed by atoms with van der Waals surface area (Å²) in [5.41, 5.74) is 0.954. The molecule has 0 spiro atoms. The summed E-state index contributed by atoms with van der Waals surface area (Å²) in [5.74, 6) is 0.312.